The van der Waals surface area contributed by atoms with E-state index in [2.05, 4.69) is 27.1 Å². The van der Waals surface area contributed by atoms with E-state index >= 15 is 0 Å². The normalized spacial score (nSPS) is 11.2. The second kappa shape index (κ2) is 4.95. The number of rotatable bonds is 4. The Morgan fingerprint density at radius 1 is 1.50 bits per heavy atom. The number of benzene rings is 1. The number of fused-ring (bicyclic) bond motifs is 1. The first-order chi connectivity index (χ1) is 7.77. The first-order valence-corrected chi connectivity index (χ1v) is 5.89. The Bertz CT molecular complexity index is 495. The number of methoxy groups -OCH3 is 1. The molecule has 4 nitrogen and oxygen atoms in total. The summed E-state index contributed by atoms with van der Waals surface area (Å²) in [7, 11) is 1.69. The highest BCUT2D eigenvalue weighted by molar-refractivity contribution is 9.10. The van der Waals surface area contributed by atoms with Crippen LogP contribution in [0.2, 0.25) is 0 Å². The molecule has 0 aliphatic rings. The number of aromatic nitrogens is 2. The Hall–Kier alpha value is -0.910. The molecule has 0 radical (unpaired) electrons. The third kappa shape index (κ3) is 1.98. The monoisotopic (exact) mass is 283 g/mol. The lowest BCUT2D eigenvalue weighted by Gasteiger charge is -2.07. The van der Waals surface area contributed by atoms with E-state index in [1.54, 1.807) is 7.11 Å². The van der Waals surface area contributed by atoms with Gasteiger partial charge >= 0.3 is 0 Å². The van der Waals surface area contributed by atoms with Crippen molar-refractivity contribution >= 4 is 26.8 Å². The van der Waals surface area contributed by atoms with E-state index < -0.39 is 0 Å². The van der Waals surface area contributed by atoms with E-state index in [0.29, 0.717) is 13.2 Å². The average molecular weight is 284 g/mol. The fourth-order valence-corrected chi connectivity index (χ4v) is 2.42. The molecule has 5 heteroatoms. The summed E-state index contributed by atoms with van der Waals surface area (Å²) in [5.74, 6) is 0. The number of ether oxygens (including phenoxy) is 1. The summed E-state index contributed by atoms with van der Waals surface area (Å²) in [5.41, 5.74) is 7.76. The van der Waals surface area contributed by atoms with Crippen molar-refractivity contribution < 1.29 is 4.74 Å². The zero-order chi connectivity index (χ0) is 11.5. The number of nitrogens with zero attached hydrogens (tertiary/aromatic N) is 2. The molecule has 0 fully saturated rings. The molecule has 0 aliphatic carbocycles. The summed E-state index contributed by atoms with van der Waals surface area (Å²) in [4.78, 5) is 0. The summed E-state index contributed by atoms with van der Waals surface area (Å²) in [6.45, 7) is 1.89. The summed E-state index contributed by atoms with van der Waals surface area (Å²) in [5, 5.41) is 5.42. The maximum absolute atomic E-state index is 5.56. The minimum Gasteiger partial charge on any atom is -0.380 e. The second-order valence-corrected chi connectivity index (χ2v) is 4.36. The van der Waals surface area contributed by atoms with Crippen LogP contribution in [0.25, 0.3) is 10.9 Å². The van der Waals surface area contributed by atoms with Crippen LogP contribution in [0.1, 0.15) is 5.56 Å². The van der Waals surface area contributed by atoms with Crippen LogP contribution in [0.5, 0.6) is 0 Å². The van der Waals surface area contributed by atoms with E-state index in [9.17, 15) is 0 Å². The zero-order valence-electron chi connectivity index (χ0n) is 9.11. The Morgan fingerprint density at radius 2 is 2.31 bits per heavy atom. The van der Waals surface area contributed by atoms with Gasteiger partial charge in [0.15, 0.2) is 0 Å². The van der Waals surface area contributed by atoms with Crippen molar-refractivity contribution in [1.82, 2.24) is 9.78 Å². The molecule has 0 unspecified atom stereocenters. The minimum absolute atomic E-state index is 0.581. The number of hydrogen-bond donors (Lipinski definition) is 1. The van der Waals surface area contributed by atoms with Crippen LogP contribution in [0, 0.1) is 0 Å². The van der Waals surface area contributed by atoms with Gasteiger partial charge in [-0.05, 0) is 21.5 Å². The number of halogens is 1. The van der Waals surface area contributed by atoms with Crippen LogP contribution in [0.3, 0.4) is 0 Å². The summed E-state index contributed by atoms with van der Waals surface area (Å²) < 4.78 is 8.10. The van der Waals surface area contributed by atoms with Crippen molar-refractivity contribution in [3.63, 3.8) is 0 Å². The largest absolute Gasteiger partial charge is 0.380 e. The Labute approximate surface area is 103 Å². The molecular formula is C11H14BrN3O. The van der Waals surface area contributed by atoms with Crippen LogP contribution < -0.4 is 5.73 Å². The van der Waals surface area contributed by atoms with Gasteiger partial charge in [-0.2, -0.15) is 5.10 Å². The third-order valence-electron chi connectivity index (χ3n) is 2.46. The lowest BCUT2D eigenvalue weighted by molar-refractivity contribution is 0.184. The highest BCUT2D eigenvalue weighted by Gasteiger charge is 2.09. The van der Waals surface area contributed by atoms with Gasteiger partial charge in [-0.25, -0.2) is 0 Å². The molecule has 1 aromatic carbocycles. The van der Waals surface area contributed by atoms with Gasteiger partial charge in [0.25, 0.3) is 0 Å². The average Bonchev–Trinajstić information content (AvgIpc) is 2.67. The fourth-order valence-electron chi connectivity index (χ4n) is 1.74. The summed E-state index contributed by atoms with van der Waals surface area (Å²) in [6.07, 6.45) is 1.85. The lowest BCUT2D eigenvalue weighted by atomic mass is 10.2. The SMILES string of the molecule is COCc1ccc2cnn(CCN)c2c1Br. The molecule has 0 atom stereocenters. The molecule has 0 aliphatic heterocycles. The molecule has 86 valence electrons. The second-order valence-electron chi connectivity index (χ2n) is 3.57. The third-order valence-corrected chi connectivity index (χ3v) is 3.35. The van der Waals surface area contributed by atoms with Crippen molar-refractivity contribution in [3.05, 3.63) is 28.4 Å². The Kier molecular flexibility index (Phi) is 3.58. The van der Waals surface area contributed by atoms with Crippen molar-refractivity contribution in [2.45, 2.75) is 13.2 Å². The van der Waals surface area contributed by atoms with Crippen LogP contribution in [-0.4, -0.2) is 23.4 Å². The predicted molar refractivity (Wildman–Crippen MR) is 67.2 cm³/mol. The first kappa shape index (κ1) is 11.6. The molecule has 0 saturated carbocycles. The van der Waals surface area contributed by atoms with E-state index in [-0.39, 0.29) is 0 Å². The van der Waals surface area contributed by atoms with Gasteiger partial charge in [-0.15, -0.1) is 0 Å². The van der Waals surface area contributed by atoms with Gasteiger partial charge in [0.05, 0.1) is 24.9 Å². The van der Waals surface area contributed by atoms with Gasteiger partial charge in [-0.3, -0.25) is 4.68 Å². The van der Waals surface area contributed by atoms with Crippen molar-refractivity contribution in [3.8, 4) is 0 Å². The maximum atomic E-state index is 5.56. The highest BCUT2D eigenvalue weighted by atomic mass is 79.9. The van der Waals surface area contributed by atoms with Gasteiger partial charge in [0.2, 0.25) is 0 Å². The molecule has 2 N–H and O–H groups in total. The molecule has 1 heterocycles. The molecule has 0 spiro atoms. The first-order valence-electron chi connectivity index (χ1n) is 5.10. The van der Waals surface area contributed by atoms with Gasteiger partial charge in [-0.1, -0.05) is 12.1 Å². The molecule has 1 aromatic heterocycles. The molecular weight excluding hydrogens is 270 g/mol. The highest BCUT2D eigenvalue weighted by Crippen LogP contribution is 2.28. The van der Waals surface area contributed by atoms with Crippen LogP contribution in [0.15, 0.2) is 22.8 Å². The van der Waals surface area contributed by atoms with Crippen molar-refractivity contribution in [2.24, 2.45) is 5.73 Å². The summed E-state index contributed by atoms with van der Waals surface area (Å²) >= 11 is 3.60. The topological polar surface area (TPSA) is 53.1 Å². The van der Waals surface area contributed by atoms with Crippen LogP contribution in [0.4, 0.5) is 0 Å². The van der Waals surface area contributed by atoms with Gasteiger partial charge < -0.3 is 10.5 Å². The lowest BCUT2D eigenvalue weighted by Crippen LogP contribution is -2.11. The van der Waals surface area contributed by atoms with Crippen molar-refractivity contribution in [2.75, 3.05) is 13.7 Å². The smallest absolute Gasteiger partial charge is 0.0828 e. The predicted octanol–water partition coefficient (Wildman–Crippen LogP) is 1.90. The molecule has 0 amide bonds. The van der Waals surface area contributed by atoms with Crippen LogP contribution in [-0.2, 0) is 17.9 Å². The number of hydrogen-bond acceptors (Lipinski definition) is 3. The maximum Gasteiger partial charge on any atom is 0.0828 e. The van der Waals surface area contributed by atoms with Gasteiger partial charge in [0.1, 0.15) is 0 Å². The van der Waals surface area contributed by atoms with E-state index in [1.807, 2.05) is 16.9 Å². The molecule has 0 saturated heterocycles. The minimum atomic E-state index is 0.581. The van der Waals surface area contributed by atoms with Crippen molar-refractivity contribution in [1.29, 1.82) is 0 Å². The Morgan fingerprint density at radius 3 is 3.00 bits per heavy atom. The molecule has 2 rings (SSSR count). The molecule has 0 bridgehead atoms. The van der Waals surface area contributed by atoms with E-state index in [0.717, 1.165) is 27.5 Å². The Balaban J connectivity index is 2.55. The summed E-state index contributed by atoms with van der Waals surface area (Å²) in [6, 6.07) is 4.10. The zero-order valence-corrected chi connectivity index (χ0v) is 10.7. The van der Waals surface area contributed by atoms with E-state index in [4.69, 9.17) is 10.5 Å². The quantitative estimate of drug-likeness (QED) is 0.933. The molecule has 2 aromatic rings. The van der Waals surface area contributed by atoms with Gasteiger partial charge in [0, 0.05) is 23.5 Å². The van der Waals surface area contributed by atoms with Crippen LogP contribution >= 0.6 is 15.9 Å². The molecule has 16 heavy (non-hydrogen) atoms. The van der Waals surface area contributed by atoms with E-state index in [1.165, 1.54) is 0 Å². The fraction of sp³-hybridized carbons (Fsp3) is 0.364. The standard InChI is InChI=1S/C11H14BrN3O/c1-16-7-9-3-2-8-6-14-15(5-4-13)11(8)10(9)12/h2-3,6H,4-5,7,13H2,1H3. The number of nitrogens with two attached hydrogens (primary N) is 1.